The van der Waals surface area contributed by atoms with Crippen molar-refractivity contribution in [2.24, 2.45) is 0 Å². The molecule has 15 heavy (non-hydrogen) atoms. The molecule has 0 aliphatic carbocycles. The van der Waals surface area contributed by atoms with E-state index in [4.69, 9.17) is 0 Å². The van der Waals surface area contributed by atoms with E-state index in [2.05, 4.69) is 27.4 Å². The summed E-state index contributed by atoms with van der Waals surface area (Å²) in [6, 6.07) is 10.1. The zero-order chi connectivity index (χ0) is 10.7. The van der Waals surface area contributed by atoms with E-state index in [9.17, 15) is 0 Å². The summed E-state index contributed by atoms with van der Waals surface area (Å²) in [5.41, 5.74) is 3.18. The number of rotatable bonds is 2. The number of aromatic nitrogens is 2. The van der Waals surface area contributed by atoms with Crippen LogP contribution in [0, 0.1) is 6.92 Å². The van der Waals surface area contributed by atoms with Crippen molar-refractivity contribution in [3.05, 3.63) is 42.2 Å². The molecule has 0 radical (unpaired) electrons. The molecule has 3 nitrogen and oxygen atoms in total. The lowest BCUT2D eigenvalue weighted by Crippen LogP contribution is -1.99. The number of nitrogens with zero attached hydrogens (tertiary/aromatic N) is 2. The van der Waals surface area contributed by atoms with Gasteiger partial charge in [-0.2, -0.15) is 0 Å². The predicted molar refractivity (Wildman–Crippen MR) is 61.8 cm³/mol. The van der Waals surface area contributed by atoms with Crippen LogP contribution in [0.1, 0.15) is 5.56 Å². The summed E-state index contributed by atoms with van der Waals surface area (Å²) in [4.78, 5) is 8.47. The van der Waals surface area contributed by atoms with Gasteiger partial charge in [-0.25, -0.2) is 9.97 Å². The molecule has 0 fully saturated rings. The minimum atomic E-state index is 0.879. The van der Waals surface area contributed by atoms with E-state index >= 15 is 0 Å². The second kappa shape index (κ2) is 4.09. The first-order chi connectivity index (χ1) is 7.33. The SMILES string of the molecule is CNc1ncnc(-c2ccccc2)c1C. The Bertz CT molecular complexity index is 452. The Morgan fingerprint density at radius 2 is 1.80 bits per heavy atom. The molecule has 1 aromatic carbocycles. The van der Waals surface area contributed by atoms with E-state index < -0.39 is 0 Å². The highest BCUT2D eigenvalue weighted by atomic mass is 15.0. The summed E-state index contributed by atoms with van der Waals surface area (Å²) in [5, 5.41) is 3.05. The van der Waals surface area contributed by atoms with E-state index in [0.29, 0.717) is 0 Å². The van der Waals surface area contributed by atoms with Crippen molar-refractivity contribution in [2.75, 3.05) is 12.4 Å². The molecule has 2 rings (SSSR count). The van der Waals surface area contributed by atoms with E-state index in [1.165, 1.54) is 0 Å². The van der Waals surface area contributed by atoms with Crippen molar-refractivity contribution >= 4 is 5.82 Å². The molecule has 0 atom stereocenters. The zero-order valence-electron chi connectivity index (χ0n) is 8.86. The van der Waals surface area contributed by atoms with Gasteiger partial charge in [0.2, 0.25) is 0 Å². The minimum Gasteiger partial charge on any atom is -0.373 e. The van der Waals surface area contributed by atoms with Gasteiger partial charge in [-0.05, 0) is 6.92 Å². The third-order valence-electron chi connectivity index (χ3n) is 2.37. The van der Waals surface area contributed by atoms with Crippen LogP contribution in [0.25, 0.3) is 11.3 Å². The highest BCUT2D eigenvalue weighted by Crippen LogP contribution is 2.23. The smallest absolute Gasteiger partial charge is 0.132 e. The summed E-state index contributed by atoms with van der Waals surface area (Å²) >= 11 is 0. The minimum absolute atomic E-state index is 0.879. The maximum atomic E-state index is 4.31. The molecular weight excluding hydrogens is 186 g/mol. The number of benzene rings is 1. The molecule has 1 heterocycles. The Hall–Kier alpha value is -1.90. The molecule has 0 saturated heterocycles. The maximum Gasteiger partial charge on any atom is 0.132 e. The molecule has 0 aliphatic heterocycles. The van der Waals surface area contributed by atoms with Crippen LogP contribution in [-0.4, -0.2) is 17.0 Å². The van der Waals surface area contributed by atoms with Gasteiger partial charge in [0.25, 0.3) is 0 Å². The van der Waals surface area contributed by atoms with Crippen LogP contribution < -0.4 is 5.32 Å². The van der Waals surface area contributed by atoms with Crippen molar-refractivity contribution in [1.82, 2.24) is 9.97 Å². The number of nitrogens with one attached hydrogen (secondary N) is 1. The maximum absolute atomic E-state index is 4.31. The molecule has 0 unspecified atom stereocenters. The highest BCUT2D eigenvalue weighted by molar-refractivity contribution is 5.67. The summed E-state index contributed by atoms with van der Waals surface area (Å²) in [7, 11) is 1.87. The molecule has 76 valence electrons. The van der Waals surface area contributed by atoms with Crippen molar-refractivity contribution < 1.29 is 0 Å². The van der Waals surface area contributed by atoms with Gasteiger partial charge in [0.1, 0.15) is 12.1 Å². The van der Waals surface area contributed by atoms with Gasteiger partial charge < -0.3 is 5.32 Å². The van der Waals surface area contributed by atoms with Gasteiger partial charge in [0, 0.05) is 18.2 Å². The Balaban J connectivity index is 2.54. The molecule has 0 saturated carbocycles. The van der Waals surface area contributed by atoms with Gasteiger partial charge in [-0.15, -0.1) is 0 Å². The van der Waals surface area contributed by atoms with E-state index in [1.54, 1.807) is 6.33 Å². The number of anilines is 1. The standard InChI is InChI=1S/C12H13N3/c1-9-11(10-6-4-3-5-7-10)14-8-15-12(9)13-2/h3-8H,1-2H3,(H,13,14,15). The molecule has 0 aliphatic rings. The lowest BCUT2D eigenvalue weighted by Gasteiger charge is -2.08. The zero-order valence-corrected chi connectivity index (χ0v) is 8.86. The summed E-state index contributed by atoms with van der Waals surface area (Å²) < 4.78 is 0. The van der Waals surface area contributed by atoms with E-state index in [1.807, 2.05) is 32.2 Å². The van der Waals surface area contributed by atoms with Gasteiger partial charge in [0.05, 0.1) is 5.69 Å². The van der Waals surface area contributed by atoms with Crippen molar-refractivity contribution in [2.45, 2.75) is 6.92 Å². The first-order valence-corrected chi connectivity index (χ1v) is 4.87. The quantitative estimate of drug-likeness (QED) is 0.807. The van der Waals surface area contributed by atoms with Crippen LogP contribution in [0.5, 0.6) is 0 Å². The van der Waals surface area contributed by atoms with Crippen LogP contribution in [0.4, 0.5) is 5.82 Å². The molecule has 1 N–H and O–H groups in total. The second-order valence-electron chi connectivity index (χ2n) is 3.31. The highest BCUT2D eigenvalue weighted by Gasteiger charge is 2.06. The molecule has 2 aromatic rings. The van der Waals surface area contributed by atoms with Crippen molar-refractivity contribution in [3.63, 3.8) is 0 Å². The van der Waals surface area contributed by atoms with Crippen LogP contribution >= 0.6 is 0 Å². The molecule has 1 aromatic heterocycles. The fourth-order valence-corrected chi connectivity index (χ4v) is 1.59. The average Bonchev–Trinajstić information content (AvgIpc) is 2.30. The van der Waals surface area contributed by atoms with Crippen molar-refractivity contribution in [1.29, 1.82) is 0 Å². The summed E-state index contributed by atoms with van der Waals surface area (Å²) in [5.74, 6) is 0.879. The average molecular weight is 199 g/mol. The molecule has 0 bridgehead atoms. The van der Waals surface area contributed by atoms with E-state index in [0.717, 1.165) is 22.6 Å². The van der Waals surface area contributed by atoms with Gasteiger partial charge in [0.15, 0.2) is 0 Å². The predicted octanol–water partition coefficient (Wildman–Crippen LogP) is 2.49. The summed E-state index contributed by atoms with van der Waals surface area (Å²) in [6.07, 6.45) is 1.58. The summed E-state index contributed by atoms with van der Waals surface area (Å²) in [6.45, 7) is 2.02. The Morgan fingerprint density at radius 3 is 2.47 bits per heavy atom. The van der Waals surface area contributed by atoms with Gasteiger partial charge in [-0.1, -0.05) is 30.3 Å². The first-order valence-electron chi connectivity index (χ1n) is 4.87. The normalized spacial score (nSPS) is 10.0. The number of hydrogen-bond acceptors (Lipinski definition) is 3. The van der Waals surface area contributed by atoms with Crippen LogP contribution in [-0.2, 0) is 0 Å². The molecule has 0 amide bonds. The molecule has 3 heteroatoms. The number of hydrogen-bond donors (Lipinski definition) is 1. The fraction of sp³-hybridized carbons (Fsp3) is 0.167. The molecular formula is C12H13N3. The third-order valence-corrected chi connectivity index (χ3v) is 2.37. The molecule has 0 spiro atoms. The topological polar surface area (TPSA) is 37.8 Å². The Morgan fingerprint density at radius 1 is 1.07 bits per heavy atom. The van der Waals surface area contributed by atoms with Crippen LogP contribution in [0.3, 0.4) is 0 Å². The lowest BCUT2D eigenvalue weighted by molar-refractivity contribution is 1.13. The monoisotopic (exact) mass is 199 g/mol. The largest absolute Gasteiger partial charge is 0.373 e. The lowest BCUT2D eigenvalue weighted by atomic mass is 10.1. The van der Waals surface area contributed by atoms with Crippen molar-refractivity contribution in [3.8, 4) is 11.3 Å². The Labute approximate surface area is 89.2 Å². The van der Waals surface area contributed by atoms with Gasteiger partial charge in [-0.3, -0.25) is 0 Å². The fourth-order valence-electron chi connectivity index (χ4n) is 1.59. The second-order valence-corrected chi connectivity index (χ2v) is 3.31. The van der Waals surface area contributed by atoms with Crippen LogP contribution in [0.15, 0.2) is 36.7 Å². The van der Waals surface area contributed by atoms with Gasteiger partial charge >= 0.3 is 0 Å². The van der Waals surface area contributed by atoms with Crippen LogP contribution in [0.2, 0.25) is 0 Å². The Kier molecular flexibility index (Phi) is 2.63. The first kappa shape index (κ1) is 9.65. The third kappa shape index (κ3) is 1.81. The van der Waals surface area contributed by atoms with E-state index in [-0.39, 0.29) is 0 Å².